The van der Waals surface area contributed by atoms with Crippen LogP contribution >= 0.6 is 22.9 Å². The summed E-state index contributed by atoms with van der Waals surface area (Å²) in [5.74, 6) is -0.176. The topological polar surface area (TPSA) is 55.1 Å². The van der Waals surface area contributed by atoms with E-state index in [9.17, 15) is 4.79 Å². The number of nitrogen functional groups attached to an aromatic ring is 1. The molecule has 1 amide bonds. The molecule has 0 unspecified atom stereocenters. The highest BCUT2D eigenvalue weighted by molar-refractivity contribution is 7.10. The van der Waals surface area contributed by atoms with Gasteiger partial charge in [-0.2, -0.15) is 0 Å². The molecule has 0 bridgehead atoms. The minimum atomic E-state index is -0.176. The number of anilines is 1. The van der Waals surface area contributed by atoms with E-state index >= 15 is 0 Å². The van der Waals surface area contributed by atoms with Crippen LogP contribution in [0.5, 0.6) is 0 Å². The van der Waals surface area contributed by atoms with Crippen LogP contribution in [0, 0.1) is 0 Å². The van der Waals surface area contributed by atoms with Crippen molar-refractivity contribution in [3.8, 4) is 0 Å². The molecule has 0 saturated carbocycles. The molecule has 3 nitrogen and oxygen atoms in total. The van der Waals surface area contributed by atoms with E-state index in [-0.39, 0.29) is 11.9 Å². The minimum Gasteiger partial charge on any atom is -0.399 e. The van der Waals surface area contributed by atoms with Gasteiger partial charge in [0.15, 0.2) is 0 Å². The fraction of sp³-hybridized carbons (Fsp3) is 0.154. The largest absolute Gasteiger partial charge is 0.399 e. The summed E-state index contributed by atoms with van der Waals surface area (Å²) >= 11 is 7.48. The van der Waals surface area contributed by atoms with E-state index in [4.69, 9.17) is 17.3 Å². The van der Waals surface area contributed by atoms with Gasteiger partial charge in [0, 0.05) is 21.2 Å². The number of rotatable bonds is 3. The molecule has 94 valence electrons. The number of carbonyl (C=O) groups is 1. The lowest BCUT2D eigenvalue weighted by Crippen LogP contribution is -2.26. The molecule has 0 saturated heterocycles. The average molecular weight is 281 g/mol. The van der Waals surface area contributed by atoms with Gasteiger partial charge in [-0.05, 0) is 36.6 Å². The summed E-state index contributed by atoms with van der Waals surface area (Å²) in [5, 5.41) is 5.35. The molecule has 1 atom stereocenters. The van der Waals surface area contributed by atoms with Gasteiger partial charge in [0.05, 0.1) is 6.04 Å². The number of hydrogen-bond acceptors (Lipinski definition) is 3. The van der Waals surface area contributed by atoms with Gasteiger partial charge in [0.25, 0.3) is 5.91 Å². The van der Waals surface area contributed by atoms with Crippen LogP contribution in [0.2, 0.25) is 5.02 Å². The van der Waals surface area contributed by atoms with Gasteiger partial charge in [0.2, 0.25) is 0 Å². The second-order valence-electron chi connectivity index (χ2n) is 3.98. The molecule has 0 aliphatic carbocycles. The zero-order valence-corrected chi connectivity index (χ0v) is 11.4. The Morgan fingerprint density at radius 3 is 2.83 bits per heavy atom. The van der Waals surface area contributed by atoms with Gasteiger partial charge in [-0.25, -0.2) is 0 Å². The number of hydrogen-bond donors (Lipinski definition) is 2. The third-order valence-corrected chi connectivity index (χ3v) is 3.77. The van der Waals surface area contributed by atoms with Crippen LogP contribution < -0.4 is 11.1 Å². The quantitative estimate of drug-likeness (QED) is 0.846. The first-order chi connectivity index (χ1) is 8.56. The Morgan fingerprint density at radius 1 is 1.44 bits per heavy atom. The minimum absolute atomic E-state index is 0.0299. The van der Waals surface area contributed by atoms with Crippen molar-refractivity contribution in [3.05, 3.63) is 51.2 Å². The molecule has 2 aromatic rings. The Kier molecular flexibility index (Phi) is 3.89. The lowest BCUT2D eigenvalue weighted by Gasteiger charge is -2.12. The van der Waals surface area contributed by atoms with Crippen LogP contribution in [0.4, 0.5) is 5.69 Å². The number of benzene rings is 1. The summed E-state index contributed by atoms with van der Waals surface area (Å²) in [7, 11) is 0. The predicted octanol–water partition coefficient (Wildman–Crippen LogP) is 3.47. The zero-order valence-electron chi connectivity index (χ0n) is 9.81. The molecule has 18 heavy (non-hydrogen) atoms. The van der Waals surface area contributed by atoms with Crippen molar-refractivity contribution in [2.24, 2.45) is 0 Å². The van der Waals surface area contributed by atoms with Gasteiger partial charge < -0.3 is 11.1 Å². The van der Waals surface area contributed by atoms with E-state index in [1.165, 1.54) is 0 Å². The Balaban J connectivity index is 2.12. The monoisotopic (exact) mass is 280 g/mol. The van der Waals surface area contributed by atoms with Gasteiger partial charge in [-0.15, -0.1) is 11.3 Å². The van der Waals surface area contributed by atoms with Crippen molar-refractivity contribution in [3.63, 3.8) is 0 Å². The summed E-state index contributed by atoms with van der Waals surface area (Å²) in [4.78, 5) is 13.1. The van der Waals surface area contributed by atoms with E-state index in [1.807, 2.05) is 24.4 Å². The fourth-order valence-electron chi connectivity index (χ4n) is 1.63. The van der Waals surface area contributed by atoms with Crippen LogP contribution in [0.1, 0.15) is 28.2 Å². The third kappa shape index (κ3) is 3.03. The van der Waals surface area contributed by atoms with Gasteiger partial charge in [-0.1, -0.05) is 17.7 Å². The molecule has 0 aliphatic rings. The maximum Gasteiger partial charge on any atom is 0.251 e. The van der Waals surface area contributed by atoms with E-state index in [1.54, 1.807) is 29.5 Å². The van der Waals surface area contributed by atoms with Crippen molar-refractivity contribution in [1.29, 1.82) is 0 Å². The normalized spacial score (nSPS) is 12.1. The van der Waals surface area contributed by atoms with Crippen molar-refractivity contribution in [2.45, 2.75) is 13.0 Å². The molecule has 1 aromatic carbocycles. The summed E-state index contributed by atoms with van der Waals surface area (Å²) < 4.78 is 0. The predicted molar refractivity (Wildman–Crippen MR) is 76.1 cm³/mol. The Morgan fingerprint density at radius 2 is 2.22 bits per heavy atom. The summed E-state index contributed by atoms with van der Waals surface area (Å²) in [6.07, 6.45) is 0. The van der Waals surface area contributed by atoms with Crippen molar-refractivity contribution in [1.82, 2.24) is 5.32 Å². The summed E-state index contributed by atoms with van der Waals surface area (Å²) in [5.41, 5.74) is 6.62. The number of carbonyl (C=O) groups excluding carboxylic acids is 1. The highest BCUT2D eigenvalue weighted by Gasteiger charge is 2.12. The maximum absolute atomic E-state index is 12.0. The molecule has 0 radical (unpaired) electrons. The van der Waals surface area contributed by atoms with Crippen molar-refractivity contribution in [2.75, 3.05) is 5.73 Å². The van der Waals surface area contributed by atoms with Gasteiger partial charge in [-0.3, -0.25) is 4.79 Å². The molecule has 0 spiro atoms. The standard InChI is InChI=1S/C13H13ClN2OS/c1-8(12-3-2-4-18-12)16-13(17)9-5-10(14)7-11(15)6-9/h2-8H,15H2,1H3,(H,16,17)/t8-/m0/s1. The van der Waals surface area contributed by atoms with Crippen LogP contribution in [0.25, 0.3) is 0 Å². The summed E-state index contributed by atoms with van der Waals surface area (Å²) in [6.45, 7) is 1.94. The SMILES string of the molecule is C[C@H](NC(=O)c1cc(N)cc(Cl)c1)c1cccs1. The van der Waals surface area contributed by atoms with Crippen molar-refractivity contribution >= 4 is 34.5 Å². The number of nitrogens with two attached hydrogens (primary N) is 1. The molecule has 3 N–H and O–H groups in total. The third-order valence-electron chi connectivity index (χ3n) is 2.50. The highest BCUT2D eigenvalue weighted by Crippen LogP contribution is 2.20. The van der Waals surface area contributed by atoms with E-state index in [0.717, 1.165) is 4.88 Å². The van der Waals surface area contributed by atoms with E-state index in [0.29, 0.717) is 16.3 Å². The number of halogens is 1. The highest BCUT2D eigenvalue weighted by atomic mass is 35.5. The van der Waals surface area contributed by atoms with Crippen LogP contribution in [0.3, 0.4) is 0 Å². The Bertz CT molecular complexity index is 534. The first-order valence-electron chi connectivity index (χ1n) is 5.46. The van der Waals surface area contributed by atoms with Crippen LogP contribution in [0.15, 0.2) is 35.7 Å². The molecular formula is C13H13ClN2OS. The number of thiophene rings is 1. The average Bonchev–Trinajstić information content (AvgIpc) is 2.80. The van der Waals surface area contributed by atoms with E-state index in [2.05, 4.69) is 5.32 Å². The zero-order chi connectivity index (χ0) is 13.1. The molecular weight excluding hydrogens is 268 g/mol. The molecule has 0 fully saturated rings. The lowest BCUT2D eigenvalue weighted by molar-refractivity contribution is 0.0940. The van der Waals surface area contributed by atoms with Crippen LogP contribution in [-0.2, 0) is 0 Å². The van der Waals surface area contributed by atoms with Gasteiger partial charge >= 0.3 is 0 Å². The lowest BCUT2D eigenvalue weighted by atomic mass is 10.1. The van der Waals surface area contributed by atoms with Crippen molar-refractivity contribution < 1.29 is 4.79 Å². The van der Waals surface area contributed by atoms with E-state index < -0.39 is 0 Å². The van der Waals surface area contributed by atoms with Crippen LogP contribution in [-0.4, -0.2) is 5.91 Å². The maximum atomic E-state index is 12.0. The molecule has 2 rings (SSSR count). The fourth-order valence-corrected chi connectivity index (χ4v) is 2.61. The number of amides is 1. The first kappa shape index (κ1) is 12.9. The first-order valence-corrected chi connectivity index (χ1v) is 6.72. The second-order valence-corrected chi connectivity index (χ2v) is 5.40. The smallest absolute Gasteiger partial charge is 0.251 e. The molecule has 1 aromatic heterocycles. The Labute approximate surface area is 115 Å². The molecule has 5 heteroatoms. The molecule has 0 aliphatic heterocycles. The van der Waals surface area contributed by atoms with Gasteiger partial charge in [0.1, 0.15) is 0 Å². The summed E-state index contributed by atoms with van der Waals surface area (Å²) in [6, 6.07) is 8.75. The number of nitrogens with one attached hydrogen (secondary N) is 1. The Hall–Kier alpha value is -1.52. The molecule has 1 heterocycles. The second kappa shape index (κ2) is 5.42.